The molecule has 0 fully saturated rings. The van der Waals surface area contributed by atoms with E-state index in [1.165, 1.54) is 0 Å². The van der Waals surface area contributed by atoms with Crippen LogP contribution in [0.25, 0.3) is 5.57 Å². The number of amides is 3. The summed E-state index contributed by atoms with van der Waals surface area (Å²) in [6.07, 6.45) is 1.92. The molecule has 2 aliphatic rings. The quantitative estimate of drug-likeness (QED) is 0.295. The number of carbonyl (C=O) groups excluding carboxylic acids is 3. The largest absolute Gasteiger partial charge is 0.367 e. The Morgan fingerprint density at radius 2 is 1.63 bits per heavy atom. The van der Waals surface area contributed by atoms with E-state index in [0.29, 0.717) is 53.4 Å². The number of hydrogen-bond acceptors (Lipinski definition) is 6. The molecule has 0 radical (unpaired) electrons. The van der Waals surface area contributed by atoms with Crippen molar-refractivity contribution in [3.63, 3.8) is 0 Å². The molecule has 0 bridgehead atoms. The summed E-state index contributed by atoms with van der Waals surface area (Å²) >= 11 is 0. The van der Waals surface area contributed by atoms with Crippen LogP contribution in [0, 0.1) is 0 Å². The van der Waals surface area contributed by atoms with E-state index >= 15 is 0 Å². The summed E-state index contributed by atoms with van der Waals surface area (Å²) in [6, 6.07) is 10.7. The fourth-order valence-corrected chi connectivity index (χ4v) is 4.05. The highest BCUT2D eigenvalue weighted by Gasteiger charge is 2.30. The highest BCUT2D eigenvalue weighted by molar-refractivity contribution is 6.32. The van der Waals surface area contributed by atoms with Crippen molar-refractivity contribution in [3.8, 4) is 0 Å². The molecule has 2 heterocycles. The Kier molecular flexibility index (Phi) is 7.36. The lowest BCUT2D eigenvalue weighted by molar-refractivity contribution is -0.110. The third kappa shape index (κ3) is 5.46. The van der Waals surface area contributed by atoms with Crippen LogP contribution in [0.3, 0.4) is 0 Å². The summed E-state index contributed by atoms with van der Waals surface area (Å²) in [7, 11) is 3.92. The van der Waals surface area contributed by atoms with Gasteiger partial charge in [0.15, 0.2) is 0 Å². The van der Waals surface area contributed by atoms with Crippen LogP contribution >= 0.6 is 0 Å². The minimum atomic E-state index is -0.237. The van der Waals surface area contributed by atoms with Crippen LogP contribution in [0.15, 0.2) is 42.2 Å². The van der Waals surface area contributed by atoms with Crippen LogP contribution < -0.4 is 26.6 Å². The second-order valence-electron chi connectivity index (χ2n) is 8.98. The molecular weight excluding hydrogens is 444 g/mol. The lowest BCUT2D eigenvalue weighted by Gasteiger charge is -2.24. The van der Waals surface area contributed by atoms with Crippen molar-refractivity contribution < 1.29 is 14.4 Å². The minimum absolute atomic E-state index is 0.118. The molecule has 0 saturated heterocycles. The van der Waals surface area contributed by atoms with E-state index < -0.39 is 0 Å². The number of benzene rings is 2. The Hall–Kier alpha value is -3.85. The van der Waals surface area contributed by atoms with Gasteiger partial charge in [-0.25, -0.2) is 0 Å². The SMILES string of the molecule is CCCCNC(=O)c1ccc2c(c1)/C(=C1\NCc3cc(C(=O)NCCN(C)C)ccc3N1)C(=O)N2. The topological polar surface area (TPSA) is 115 Å². The third-order valence-electron chi connectivity index (χ3n) is 6.02. The first-order chi connectivity index (χ1) is 16.9. The summed E-state index contributed by atoms with van der Waals surface area (Å²) in [5.74, 6) is 0.0586. The molecule has 5 N–H and O–H groups in total. The van der Waals surface area contributed by atoms with E-state index in [-0.39, 0.29) is 17.7 Å². The maximum absolute atomic E-state index is 12.8. The number of carbonyl (C=O) groups is 3. The summed E-state index contributed by atoms with van der Waals surface area (Å²) in [5, 5.41) is 15.3. The molecule has 0 aromatic heterocycles. The predicted octanol–water partition coefficient (Wildman–Crippen LogP) is 2.34. The summed E-state index contributed by atoms with van der Waals surface area (Å²) in [5.41, 5.74) is 4.65. The average Bonchev–Trinajstić information content (AvgIpc) is 3.18. The zero-order chi connectivity index (χ0) is 24.9. The van der Waals surface area contributed by atoms with Gasteiger partial charge in [-0.1, -0.05) is 13.3 Å². The molecule has 2 aliphatic heterocycles. The zero-order valence-corrected chi connectivity index (χ0v) is 20.4. The van der Waals surface area contributed by atoms with Crippen molar-refractivity contribution in [3.05, 3.63) is 64.5 Å². The standard InChI is InChI=1S/C26H32N6O3/c1-4-5-10-27-25(34)17-7-9-21-19(14-17)22(26(35)31-21)23-29-15-18-13-16(6-8-20(18)30-23)24(33)28-11-12-32(2)3/h6-9,13-14,29-30H,4-5,10-12,15H2,1-3H3,(H,27,34)(H,28,33)(H,31,35)/b23-22-. The first-order valence-corrected chi connectivity index (χ1v) is 11.9. The third-order valence-corrected chi connectivity index (χ3v) is 6.02. The predicted molar refractivity (Wildman–Crippen MR) is 137 cm³/mol. The van der Waals surface area contributed by atoms with Gasteiger partial charge in [-0.2, -0.15) is 0 Å². The van der Waals surface area contributed by atoms with E-state index in [2.05, 4.69) is 33.5 Å². The number of unbranched alkanes of at least 4 members (excludes halogenated alkanes) is 1. The first-order valence-electron chi connectivity index (χ1n) is 11.9. The fourth-order valence-electron chi connectivity index (χ4n) is 4.05. The Morgan fingerprint density at radius 1 is 0.943 bits per heavy atom. The Labute approximate surface area is 205 Å². The van der Waals surface area contributed by atoms with Crippen molar-refractivity contribution in [2.24, 2.45) is 0 Å². The maximum atomic E-state index is 12.8. The van der Waals surface area contributed by atoms with Crippen molar-refractivity contribution in [1.29, 1.82) is 0 Å². The summed E-state index contributed by atoms with van der Waals surface area (Å²) < 4.78 is 0. The second-order valence-corrected chi connectivity index (χ2v) is 8.98. The van der Waals surface area contributed by atoms with Crippen molar-refractivity contribution >= 4 is 34.7 Å². The first kappa shape index (κ1) is 24.3. The Bertz CT molecular complexity index is 1190. The smallest absolute Gasteiger partial charge is 0.260 e. The van der Waals surface area contributed by atoms with E-state index in [0.717, 1.165) is 30.6 Å². The van der Waals surface area contributed by atoms with Gasteiger partial charge in [-0.3, -0.25) is 14.4 Å². The molecule has 3 amide bonds. The maximum Gasteiger partial charge on any atom is 0.260 e. The van der Waals surface area contributed by atoms with Crippen LogP contribution in [0.4, 0.5) is 11.4 Å². The molecule has 0 unspecified atom stereocenters. The van der Waals surface area contributed by atoms with E-state index in [1.54, 1.807) is 24.3 Å². The Morgan fingerprint density at radius 3 is 2.34 bits per heavy atom. The van der Waals surface area contributed by atoms with Gasteiger partial charge in [0.2, 0.25) is 0 Å². The molecule has 0 spiro atoms. The molecule has 35 heavy (non-hydrogen) atoms. The molecule has 2 aromatic rings. The van der Waals surface area contributed by atoms with Crippen LogP contribution in [0.5, 0.6) is 0 Å². The Balaban J connectivity index is 1.53. The highest BCUT2D eigenvalue weighted by atomic mass is 16.2. The van der Waals surface area contributed by atoms with Gasteiger partial charge in [0.05, 0.1) is 5.57 Å². The molecule has 4 rings (SSSR count). The zero-order valence-electron chi connectivity index (χ0n) is 20.4. The lowest BCUT2D eigenvalue weighted by Crippen LogP contribution is -2.32. The van der Waals surface area contributed by atoms with Crippen LogP contribution in [-0.4, -0.2) is 56.4 Å². The molecule has 0 aliphatic carbocycles. The minimum Gasteiger partial charge on any atom is -0.367 e. The fraction of sp³-hybridized carbons (Fsp3) is 0.346. The van der Waals surface area contributed by atoms with Crippen molar-refractivity contribution in [2.45, 2.75) is 26.3 Å². The van der Waals surface area contributed by atoms with E-state index in [9.17, 15) is 14.4 Å². The van der Waals surface area contributed by atoms with Gasteiger partial charge in [0, 0.05) is 54.2 Å². The van der Waals surface area contributed by atoms with Gasteiger partial charge >= 0.3 is 0 Å². The van der Waals surface area contributed by atoms with Gasteiger partial charge in [0.25, 0.3) is 17.7 Å². The monoisotopic (exact) mass is 476 g/mol. The number of hydrogen-bond donors (Lipinski definition) is 5. The van der Waals surface area contributed by atoms with Gasteiger partial charge in [-0.15, -0.1) is 0 Å². The lowest BCUT2D eigenvalue weighted by atomic mass is 10.0. The number of likely N-dealkylation sites (N-methyl/N-ethyl adjacent to an activating group) is 1. The van der Waals surface area contributed by atoms with Gasteiger partial charge < -0.3 is 31.5 Å². The van der Waals surface area contributed by atoms with Gasteiger partial charge in [0.1, 0.15) is 5.82 Å². The van der Waals surface area contributed by atoms with Crippen molar-refractivity contribution in [2.75, 3.05) is 44.4 Å². The average molecular weight is 477 g/mol. The molecule has 2 aromatic carbocycles. The van der Waals surface area contributed by atoms with Crippen molar-refractivity contribution in [1.82, 2.24) is 20.9 Å². The molecule has 0 saturated carbocycles. The van der Waals surface area contributed by atoms with Crippen LogP contribution in [-0.2, 0) is 11.3 Å². The number of fused-ring (bicyclic) bond motifs is 2. The number of nitrogens with zero attached hydrogens (tertiary/aromatic N) is 1. The second kappa shape index (κ2) is 10.6. The highest BCUT2D eigenvalue weighted by Crippen LogP contribution is 2.36. The summed E-state index contributed by atoms with van der Waals surface area (Å²) in [6.45, 7) is 4.49. The van der Waals surface area contributed by atoms with E-state index in [4.69, 9.17) is 0 Å². The molecule has 184 valence electrons. The number of nitrogens with one attached hydrogen (secondary N) is 5. The van der Waals surface area contributed by atoms with Crippen LogP contribution in [0.1, 0.15) is 51.6 Å². The van der Waals surface area contributed by atoms with Gasteiger partial charge in [-0.05, 0) is 62.5 Å². The molecule has 9 nitrogen and oxygen atoms in total. The molecule has 0 atom stereocenters. The normalized spacial score (nSPS) is 16.1. The summed E-state index contributed by atoms with van der Waals surface area (Å²) in [4.78, 5) is 39.8. The number of rotatable bonds is 8. The number of anilines is 2. The molecule has 9 heteroatoms. The molecular formula is C26H32N6O3. The van der Waals surface area contributed by atoms with Crippen LogP contribution in [0.2, 0.25) is 0 Å². The van der Waals surface area contributed by atoms with E-state index in [1.807, 2.05) is 31.1 Å².